The summed E-state index contributed by atoms with van der Waals surface area (Å²) in [4.78, 5) is 0. The first-order chi connectivity index (χ1) is 1.00. The van der Waals surface area contributed by atoms with Crippen LogP contribution in [0, 0.1) is 0 Å². The zero-order valence-corrected chi connectivity index (χ0v) is 3.05. The van der Waals surface area contributed by atoms with Gasteiger partial charge in [-0.3, -0.25) is 10.5 Å². The SMILES string of the molecule is N.OO.[NH4+].[OH-]. The lowest BCUT2D eigenvalue weighted by Crippen LogP contribution is -1.29. The molecule has 5 heavy (non-hydrogen) atoms. The van der Waals surface area contributed by atoms with E-state index in [1.165, 1.54) is 0 Å². The Morgan fingerprint density at radius 2 is 1.00 bits per heavy atom. The molecular formula is H10N2O3. The molecular weight excluding hydrogens is 76.0 g/mol. The molecule has 0 aliphatic rings. The van der Waals surface area contributed by atoms with Crippen molar-refractivity contribution >= 4 is 0 Å². The van der Waals surface area contributed by atoms with E-state index in [-0.39, 0.29) is 17.8 Å². The molecule has 0 heterocycles. The Morgan fingerprint density at radius 3 is 1.00 bits per heavy atom. The van der Waals surface area contributed by atoms with Gasteiger partial charge in [-0.2, -0.15) is 0 Å². The lowest BCUT2D eigenvalue weighted by molar-refractivity contribution is -0.176. The van der Waals surface area contributed by atoms with Gasteiger partial charge in [-0.25, -0.2) is 0 Å². The fourth-order valence-electron chi connectivity index (χ4n) is 0. The Hall–Kier alpha value is -0.200. The third-order valence-corrected chi connectivity index (χ3v) is 0. The van der Waals surface area contributed by atoms with Crippen LogP contribution in [-0.4, -0.2) is 16.0 Å². The van der Waals surface area contributed by atoms with Crippen LogP contribution in [-0.2, 0) is 0 Å². The molecule has 5 heteroatoms. The summed E-state index contributed by atoms with van der Waals surface area (Å²) in [6.07, 6.45) is 0. The predicted octanol–water partition coefficient (Wildman–Crippen LogP) is 0.379. The molecule has 0 fully saturated rings. The van der Waals surface area contributed by atoms with E-state index in [9.17, 15) is 0 Å². The summed E-state index contributed by atoms with van der Waals surface area (Å²) in [5.41, 5.74) is 0. The number of rotatable bonds is 0. The zero-order valence-electron chi connectivity index (χ0n) is 3.05. The average Bonchev–Trinajstić information content (AvgIpc) is 1.00. The van der Waals surface area contributed by atoms with Gasteiger partial charge in [-0.1, -0.05) is 0 Å². The lowest BCUT2D eigenvalue weighted by Gasteiger charge is -1.25. The van der Waals surface area contributed by atoms with E-state index in [0.29, 0.717) is 0 Å². The van der Waals surface area contributed by atoms with Crippen LogP contribution in [0.2, 0.25) is 0 Å². The van der Waals surface area contributed by atoms with E-state index >= 15 is 0 Å². The summed E-state index contributed by atoms with van der Waals surface area (Å²) in [5, 5.41) is 12.0. The smallest absolute Gasteiger partial charge is 0.255 e. The van der Waals surface area contributed by atoms with Crippen LogP contribution < -0.4 is 12.3 Å². The maximum absolute atomic E-state index is 6.00. The van der Waals surface area contributed by atoms with E-state index in [0.717, 1.165) is 0 Å². The molecule has 0 unspecified atom stereocenters. The highest BCUT2D eigenvalue weighted by Crippen LogP contribution is 0.711. The molecule has 0 spiro atoms. The fourth-order valence-corrected chi connectivity index (χ4v) is 0. The molecule has 5 nitrogen and oxygen atoms in total. The Kier molecular flexibility index (Phi) is 16100. The summed E-state index contributed by atoms with van der Waals surface area (Å²) in [5.74, 6) is 0. The van der Waals surface area contributed by atoms with Gasteiger partial charge in [0, 0.05) is 0 Å². The van der Waals surface area contributed by atoms with E-state index in [1.54, 1.807) is 0 Å². The largest absolute Gasteiger partial charge is 0.870 e. The van der Waals surface area contributed by atoms with Gasteiger partial charge in [0.15, 0.2) is 0 Å². The van der Waals surface area contributed by atoms with Gasteiger partial charge in [0.25, 0.3) is 0 Å². The monoisotopic (exact) mass is 86.1 g/mol. The number of hydrogen-bond donors (Lipinski definition) is 4. The molecule has 0 aliphatic heterocycles. The second-order valence-corrected chi connectivity index (χ2v) is 0. The highest BCUT2D eigenvalue weighted by Gasteiger charge is 0.745. The van der Waals surface area contributed by atoms with Crippen LogP contribution >= 0.6 is 0 Å². The van der Waals surface area contributed by atoms with E-state index < -0.39 is 0 Å². The predicted molar refractivity (Wildman–Crippen MR) is 18.2 cm³/mol. The van der Waals surface area contributed by atoms with Crippen molar-refractivity contribution in [3.05, 3.63) is 0 Å². The van der Waals surface area contributed by atoms with Crippen LogP contribution in [0.25, 0.3) is 0 Å². The molecule has 0 radical (unpaired) electrons. The van der Waals surface area contributed by atoms with Crippen molar-refractivity contribution in [2.75, 3.05) is 0 Å². The summed E-state index contributed by atoms with van der Waals surface area (Å²) in [7, 11) is 0. The first-order valence-corrected chi connectivity index (χ1v) is 0.200. The van der Waals surface area contributed by atoms with Crippen molar-refractivity contribution in [2.45, 2.75) is 0 Å². The normalized spacial score (nSPS) is 1.20. The van der Waals surface area contributed by atoms with Crippen LogP contribution in [0.3, 0.4) is 0 Å². The highest BCUT2D eigenvalue weighted by molar-refractivity contribution is 2.14. The molecule has 0 bridgehead atoms. The Morgan fingerprint density at radius 1 is 1.00 bits per heavy atom. The minimum atomic E-state index is 0. The average molecular weight is 86.1 g/mol. The van der Waals surface area contributed by atoms with Crippen molar-refractivity contribution in [3.63, 3.8) is 0 Å². The molecule has 0 saturated carbocycles. The Labute approximate surface area is 29.6 Å². The van der Waals surface area contributed by atoms with Gasteiger partial charge in [0.05, 0.1) is 0 Å². The zero-order chi connectivity index (χ0) is 2.00. The van der Waals surface area contributed by atoms with Gasteiger partial charge >= 0.3 is 0 Å². The van der Waals surface area contributed by atoms with Crippen LogP contribution in [0.15, 0.2) is 0 Å². The third-order valence-electron chi connectivity index (χ3n) is 0. The molecule has 0 atom stereocenters. The molecule has 10 N–H and O–H groups in total. The molecule has 0 saturated heterocycles. The lowest BCUT2D eigenvalue weighted by atomic mass is 14.0. The van der Waals surface area contributed by atoms with Gasteiger partial charge in [-0.05, 0) is 0 Å². The van der Waals surface area contributed by atoms with E-state index in [2.05, 4.69) is 0 Å². The van der Waals surface area contributed by atoms with E-state index in [1.807, 2.05) is 0 Å². The minimum absolute atomic E-state index is 0. The van der Waals surface area contributed by atoms with Crippen LogP contribution in [0.5, 0.6) is 0 Å². The van der Waals surface area contributed by atoms with Crippen molar-refractivity contribution in [1.29, 1.82) is 0 Å². The van der Waals surface area contributed by atoms with Crippen molar-refractivity contribution in [2.24, 2.45) is 0 Å². The molecule has 0 rings (SSSR count). The van der Waals surface area contributed by atoms with Crippen LogP contribution in [0.1, 0.15) is 0 Å². The van der Waals surface area contributed by atoms with E-state index in [4.69, 9.17) is 10.5 Å². The second kappa shape index (κ2) is 745. The molecule has 0 aliphatic carbocycles. The quantitative estimate of drug-likeness (QED) is 0.249. The van der Waals surface area contributed by atoms with Crippen molar-refractivity contribution in [1.82, 2.24) is 12.3 Å². The summed E-state index contributed by atoms with van der Waals surface area (Å²) in [6, 6.07) is 0. The molecule has 0 aromatic carbocycles. The topological polar surface area (TPSA) is 142 Å². The fraction of sp³-hybridized carbons (Fsp3) is 0. The first-order valence-electron chi connectivity index (χ1n) is 0.200. The van der Waals surface area contributed by atoms with Gasteiger partial charge < -0.3 is 17.8 Å². The third kappa shape index (κ3) is 308. The maximum atomic E-state index is 6.00. The number of hydrogen-bond acceptors (Lipinski definition) is 4. The highest BCUT2D eigenvalue weighted by atomic mass is 17.0. The molecule has 38 valence electrons. The van der Waals surface area contributed by atoms with Gasteiger partial charge in [0.2, 0.25) is 0 Å². The van der Waals surface area contributed by atoms with Gasteiger partial charge in [0.1, 0.15) is 0 Å². The summed E-state index contributed by atoms with van der Waals surface area (Å²) < 4.78 is 0. The van der Waals surface area contributed by atoms with Crippen LogP contribution in [0.4, 0.5) is 0 Å². The summed E-state index contributed by atoms with van der Waals surface area (Å²) >= 11 is 0. The molecule has 0 amide bonds. The first kappa shape index (κ1) is 108. The summed E-state index contributed by atoms with van der Waals surface area (Å²) in [6.45, 7) is 0. The standard InChI is InChI=1S/2H3N.H2O2.H2O/c;;1-2;/h2*1H3;1-2H;1H2. The maximum Gasteiger partial charge on any atom is -0.255 e. The van der Waals surface area contributed by atoms with Crippen molar-refractivity contribution < 1.29 is 16.0 Å². The molecule has 0 aromatic rings. The van der Waals surface area contributed by atoms with Crippen molar-refractivity contribution in [3.8, 4) is 0 Å². The molecule has 0 aromatic heterocycles. The number of quaternary nitrogens is 1. The Balaban J connectivity index is -0.00000000167. The van der Waals surface area contributed by atoms with Gasteiger partial charge in [-0.15, -0.1) is 0 Å². The minimum Gasteiger partial charge on any atom is -0.870 e. The Bertz CT molecular complexity index is 4.85. The second-order valence-electron chi connectivity index (χ2n) is 0.